The molecule has 2 aromatic rings. The Balaban J connectivity index is 2.51. The van der Waals surface area contributed by atoms with Crippen molar-refractivity contribution < 1.29 is 10.2 Å². The normalized spacial score (nSPS) is 11.4. The topological polar surface area (TPSA) is 72.8 Å². The van der Waals surface area contributed by atoms with Gasteiger partial charge in [0.05, 0.1) is 11.3 Å². The smallest absolute Gasteiger partial charge is 0.178 e. The van der Waals surface area contributed by atoms with Gasteiger partial charge in [0.25, 0.3) is 0 Å². The summed E-state index contributed by atoms with van der Waals surface area (Å²) in [5.41, 5.74) is 8.33. The van der Waals surface area contributed by atoms with Crippen LogP contribution in [0.4, 0.5) is 5.69 Å². The standard InChI is InChI=1S/C12H11N3O/c13-11-6-7-14-8-10(11)12(15-16)9-4-2-1-3-5-9/h1-8,16H,(H2,13,14)/p+1/b15-12-. The zero-order valence-corrected chi connectivity index (χ0v) is 8.59. The van der Waals surface area contributed by atoms with Crippen LogP contribution in [-0.4, -0.2) is 10.9 Å². The summed E-state index contributed by atoms with van der Waals surface area (Å²) in [5, 5.41) is 12.4. The van der Waals surface area contributed by atoms with Gasteiger partial charge >= 0.3 is 0 Å². The summed E-state index contributed by atoms with van der Waals surface area (Å²) >= 11 is 0. The zero-order chi connectivity index (χ0) is 11.4. The number of nitrogens with one attached hydrogen (secondary N) is 1. The third-order valence-corrected chi connectivity index (χ3v) is 2.30. The summed E-state index contributed by atoms with van der Waals surface area (Å²) < 4.78 is 0. The highest BCUT2D eigenvalue weighted by atomic mass is 16.4. The van der Waals surface area contributed by atoms with E-state index in [0.717, 1.165) is 5.56 Å². The van der Waals surface area contributed by atoms with Crippen LogP contribution >= 0.6 is 0 Å². The Morgan fingerprint density at radius 2 is 1.94 bits per heavy atom. The van der Waals surface area contributed by atoms with Crippen molar-refractivity contribution in [2.45, 2.75) is 0 Å². The molecule has 0 amide bonds. The largest absolute Gasteiger partial charge is 0.410 e. The number of nitrogens with zero attached hydrogens (tertiary/aromatic N) is 1. The first kappa shape index (κ1) is 10.2. The molecule has 4 heteroatoms. The van der Waals surface area contributed by atoms with E-state index < -0.39 is 0 Å². The van der Waals surface area contributed by atoms with Gasteiger partial charge in [0.1, 0.15) is 5.71 Å². The molecule has 4 N–H and O–H groups in total. The summed E-state index contributed by atoms with van der Waals surface area (Å²) in [5.74, 6) is 0. The van der Waals surface area contributed by atoms with Gasteiger partial charge in [-0.3, -0.25) is 0 Å². The van der Waals surface area contributed by atoms with Crippen LogP contribution in [-0.2, 0) is 0 Å². The first-order valence-corrected chi connectivity index (χ1v) is 4.86. The van der Waals surface area contributed by atoms with E-state index in [4.69, 9.17) is 10.9 Å². The Kier molecular flexibility index (Phi) is 2.82. The molecule has 1 aromatic heterocycles. The highest BCUT2D eigenvalue weighted by Crippen LogP contribution is 2.14. The van der Waals surface area contributed by atoms with E-state index in [2.05, 4.69) is 10.1 Å². The predicted molar refractivity (Wildman–Crippen MR) is 61.3 cm³/mol. The van der Waals surface area contributed by atoms with E-state index in [9.17, 15) is 0 Å². The molecular weight excluding hydrogens is 202 g/mol. The fourth-order valence-electron chi connectivity index (χ4n) is 1.51. The molecule has 0 unspecified atom stereocenters. The molecule has 0 fully saturated rings. The van der Waals surface area contributed by atoms with Gasteiger partial charge in [0, 0.05) is 11.6 Å². The van der Waals surface area contributed by atoms with E-state index in [0.29, 0.717) is 17.0 Å². The molecule has 0 aliphatic heterocycles. The van der Waals surface area contributed by atoms with E-state index in [1.165, 1.54) is 0 Å². The summed E-state index contributed by atoms with van der Waals surface area (Å²) in [4.78, 5) is 2.91. The highest BCUT2D eigenvalue weighted by Gasteiger charge is 2.12. The van der Waals surface area contributed by atoms with Crippen molar-refractivity contribution >= 4 is 11.4 Å². The van der Waals surface area contributed by atoms with Crippen molar-refractivity contribution in [3.8, 4) is 0 Å². The van der Waals surface area contributed by atoms with E-state index in [1.807, 2.05) is 30.3 Å². The Labute approximate surface area is 93.1 Å². The number of rotatable bonds is 2. The quantitative estimate of drug-likeness (QED) is 0.449. The van der Waals surface area contributed by atoms with Gasteiger partial charge in [-0.05, 0) is 0 Å². The molecule has 80 valence electrons. The van der Waals surface area contributed by atoms with Crippen LogP contribution in [0, 0.1) is 0 Å². The number of oxime groups is 1. The van der Waals surface area contributed by atoms with Crippen molar-refractivity contribution in [3.63, 3.8) is 0 Å². The van der Waals surface area contributed by atoms with Crippen LogP contribution < -0.4 is 10.7 Å². The number of anilines is 1. The number of pyridine rings is 1. The number of aromatic amines is 1. The molecule has 16 heavy (non-hydrogen) atoms. The van der Waals surface area contributed by atoms with E-state index >= 15 is 0 Å². The molecule has 0 bridgehead atoms. The van der Waals surface area contributed by atoms with Crippen molar-refractivity contribution in [1.29, 1.82) is 0 Å². The van der Waals surface area contributed by atoms with Gasteiger partial charge < -0.3 is 10.9 Å². The lowest BCUT2D eigenvalue weighted by atomic mass is 10.0. The molecule has 1 heterocycles. The Bertz CT molecular complexity index is 509. The Morgan fingerprint density at radius 1 is 1.19 bits per heavy atom. The van der Waals surface area contributed by atoms with Gasteiger partial charge in [0.2, 0.25) is 0 Å². The maximum Gasteiger partial charge on any atom is 0.178 e. The SMILES string of the molecule is Nc1cc[nH+]cc1/C(=N\O)c1ccccc1. The second kappa shape index (κ2) is 4.44. The number of nitrogen functional groups attached to an aromatic ring is 1. The molecule has 0 aliphatic carbocycles. The lowest BCUT2D eigenvalue weighted by molar-refractivity contribution is -0.377. The summed E-state index contributed by atoms with van der Waals surface area (Å²) in [6.07, 6.45) is 3.43. The van der Waals surface area contributed by atoms with Gasteiger partial charge in [-0.1, -0.05) is 35.5 Å². The first-order valence-electron chi connectivity index (χ1n) is 4.86. The number of benzene rings is 1. The van der Waals surface area contributed by atoms with Gasteiger partial charge in [0.15, 0.2) is 12.4 Å². The van der Waals surface area contributed by atoms with Crippen molar-refractivity contribution in [2.75, 3.05) is 5.73 Å². The average Bonchev–Trinajstić information content (AvgIpc) is 2.34. The Morgan fingerprint density at radius 3 is 2.56 bits per heavy atom. The predicted octanol–water partition coefficient (Wildman–Crippen LogP) is 1.31. The van der Waals surface area contributed by atoms with Crippen LogP contribution in [0.2, 0.25) is 0 Å². The van der Waals surface area contributed by atoms with Crippen LogP contribution in [0.5, 0.6) is 0 Å². The summed E-state index contributed by atoms with van der Waals surface area (Å²) in [6.45, 7) is 0. The fraction of sp³-hybridized carbons (Fsp3) is 0. The monoisotopic (exact) mass is 214 g/mol. The lowest BCUT2D eigenvalue weighted by Crippen LogP contribution is -2.12. The molecule has 0 radical (unpaired) electrons. The molecule has 1 aromatic carbocycles. The highest BCUT2D eigenvalue weighted by molar-refractivity contribution is 6.14. The molecule has 2 rings (SSSR count). The third kappa shape index (κ3) is 1.86. The van der Waals surface area contributed by atoms with Crippen LogP contribution in [0.1, 0.15) is 11.1 Å². The molecule has 0 spiro atoms. The summed E-state index contributed by atoms with van der Waals surface area (Å²) in [7, 11) is 0. The van der Waals surface area contributed by atoms with Crippen molar-refractivity contribution in [2.24, 2.45) is 5.16 Å². The molecule has 0 saturated carbocycles. The summed E-state index contributed by atoms with van der Waals surface area (Å²) in [6, 6.07) is 11.1. The number of aromatic nitrogens is 1. The average molecular weight is 214 g/mol. The molecule has 0 aliphatic rings. The fourth-order valence-corrected chi connectivity index (χ4v) is 1.51. The van der Waals surface area contributed by atoms with Crippen molar-refractivity contribution in [3.05, 3.63) is 59.9 Å². The number of hydrogen-bond donors (Lipinski definition) is 2. The molecule has 0 saturated heterocycles. The Hall–Kier alpha value is -2.36. The second-order valence-corrected chi connectivity index (χ2v) is 3.33. The number of H-pyrrole nitrogens is 1. The van der Waals surface area contributed by atoms with Gasteiger partial charge in [-0.15, -0.1) is 0 Å². The minimum Gasteiger partial charge on any atom is -0.410 e. The second-order valence-electron chi connectivity index (χ2n) is 3.33. The van der Waals surface area contributed by atoms with Crippen molar-refractivity contribution in [1.82, 2.24) is 0 Å². The zero-order valence-electron chi connectivity index (χ0n) is 8.59. The minimum atomic E-state index is 0.454. The van der Waals surface area contributed by atoms with E-state index in [-0.39, 0.29) is 0 Å². The molecule has 4 nitrogen and oxygen atoms in total. The van der Waals surface area contributed by atoms with E-state index in [1.54, 1.807) is 18.5 Å². The number of nitrogens with two attached hydrogens (primary N) is 1. The van der Waals surface area contributed by atoms with Crippen LogP contribution in [0.25, 0.3) is 0 Å². The third-order valence-electron chi connectivity index (χ3n) is 2.30. The van der Waals surface area contributed by atoms with Crippen LogP contribution in [0.15, 0.2) is 53.9 Å². The molecule has 0 atom stereocenters. The number of hydrogen-bond acceptors (Lipinski definition) is 3. The van der Waals surface area contributed by atoms with Gasteiger partial charge in [-0.25, -0.2) is 4.98 Å². The minimum absolute atomic E-state index is 0.454. The molecular formula is C12H12N3O+. The maximum atomic E-state index is 9.08. The van der Waals surface area contributed by atoms with Gasteiger partial charge in [-0.2, -0.15) is 0 Å². The van der Waals surface area contributed by atoms with Crippen LogP contribution in [0.3, 0.4) is 0 Å². The maximum absolute atomic E-state index is 9.08. The lowest BCUT2D eigenvalue weighted by Gasteiger charge is -2.04. The first-order chi connectivity index (χ1) is 7.83.